The molecule has 6 rings (SSSR count). The van der Waals surface area contributed by atoms with Gasteiger partial charge in [-0.15, -0.1) is 0 Å². The average molecular weight is 601 g/mol. The number of aliphatic hydroxyl groups is 2. The van der Waals surface area contributed by atoms with Gasteiger partial charge in [-0.05, 0) is 17.9 Å². The lowest BCUT2D eigenvalue weighted by Crippen LogP contribution is -2.90. The van der Waals surface area contributed by atoms with Gasteiger partial charge in [0.15, 0.2) is 12.0 Å². The van der Waals surface area contributed by atoms with Crippen molar-refractivity contribution in [3.8, 4) is 5.75 Å². The number of benzene rings is 1. The van der Waals surface area contributed by atoms with E-state index in [2.05, 4.69) is 34.5 Å². The minimum atomic E-state index is -2.72. The molecule has 230 valence electrons. The van der Waals surface area contributed by atoms with Gasteiger partial charge in [0, 0.05) is 5.56 Å². The molecule has 1 spiro atoms. The number of para-hydroxylation sites is 1. The van der Waals surface area contributed by atoms with E-state index in [9.17, 15) is 29.4 Å². The van der Waals surface area contributed by atoms with Crippen LogP contribution in [0.1, 0.15) is 36.2 Å². The molecule has 5 aliphatic heterocycles. The van der Waals surface area contributed by atoms with Crippen LogP contribution >= 0.6 is 0 Å². The van der Waals surface area contributed by atoms with Gasteiger partial charge < -0.3 is 36.0 Å². The summed E-state index contributed by atoms with van der Waals surface area (Å²) >= 11 is 0. The maximum absolute atomic E-state index is 13.6. The fourth-order valence-corrected chi connectivity index (χ4v) is 6.75. The highest BCUT2D eigenvalue weighted by Crippen LogP contribution is 2.43. The van der Waals surface area contributed by atoms with Crippen molar-refractivity contribution in [1.29, 1.82) is 0 Å². The van der Waals surface area contributed by atoms with Crippen LogP contribution in [0.2, 0.25) is 0 Å². The van der Waals surface area contributed by atoms with E-state index >= 15 is 0 Å². The quantitative estimate of drug-likeness (QED) is 0.113. The Hall–Kier alpha value is -4.64. The number of carbonyl (C=O) groups excluding carboxylic acids is 3. The topological polar surface area (TPSA) is 250 Å². The predicted octanol–water partition coefficient (Wildman–Crippen LogP) is -5.05. The van der Waals surface area contributed by atoms with E-state index < -0.39 is 66.5 Å². The second-order valence-electron chi connectivity index (χ2n) is 12.0. The molecular weight excluding hydrogens is 566 g/mol. The number of guanidine groups is 2. The van der Waals surface area contributed by atoms with Crippen molar-refractivity contribution < 1.29 is 44.2 Å². The summed E-state index contributed by atoms with van der Waals surface area (Å²) in [7, 11) is 0. The fraction of sp³-hybridized carbons (Fsp3) is 0.538. The molecule has 1 aromatic carbocycles. The second-order valence-corrected chi connectivity index (χ2v) is 12.0. The zero-order chi connectivity index (χ0) is 31.1. The third-order valence-electron chi connectivity index (χ3n) is 8.98. The van der Waals surface area contributed by atoms with Crippen LogP contribution in [0, 0.1) is 0 Å². The van der Waals surface area contributed by atoms with E-state index in [1.54, 1.807) is 12.1 Å². The number of aliphatic imine (C=N–C) groups is 1. The lowest BCUT2D eigenvalue weighted by molar-refractivity contribution is -0.521. The number of carboxylic acids is 1. The lowest BCUT2D eigenvalue weighted by Gasteiger charge is -2.46. The first-order chi connectivity index (χ1) is 20.2. The number of ether oxygens (including phenoxy) is 1. The zero-order valence-electron chi connectivity index (χ0n) is 23.5. The number of fused-ring (bicyclic) bond motifs is 1. The molecule has 10 N–H and O–H groups in total. The first-order valence-corrected chi connectivity index (χ1v) is 13.8. The zero-order valence-corrected chi connectivity index (χ0v) is 23.5. The minimum Gasteiger partial charge on any atom is -0.492 e. The summed E-state index contributed by atoms with van der Waals surface area (Å²) in [5.74, 6) is -5.02. The molecular formula is C26H34N9O8+. The summed E-state index contributed by atoms with van der Waals surface area (Å²) in [4.78, 5) is 60.6. The first-order valence-electron chi connectivity index (χ1n) is 13.8. The Labute approximate surface area is 245 Å². The van der Waals surface area contributed by atoms with Gasteiger partial charge in [0.25, 0.3) is 11.6 Å². The molecule has 43 heavy (non-hydrogen) atoms. The standard InChI is InChI=1S/C26H33N9O8/c1-24(2)6-7-43-18-12(4-3-5-13(18)24)20(39)30-15-9-35-22(28)29-14(19-25(35,26(15,41)42)32-21(27)31-19)8-34-16(36)10-33(23(34)40)11-17(37)38/h3-5,14-15,19,41-42H,6-11H2,1-2H3,(H2,28,29)(H,30,39)(H,37,38)(H3,27,31,32)/p+1/t14-,15?,19-,25-/m0/s1. The summed E-state index contributed by atoms with van der Waals surface area (Å²) in [6.07, 6.45) is 0.769. The number of aliphatic carboxylic acids is 1. The number of carbonyl (C=O) groups is 4. The Morgan fingerprint density at radius 2 is 2.00 bits per heavy atom. The van der Waals surface area contributed by atoms with E-state index in [-0.39, 0.29) is 36.0 Å². The fourth-order valence-electron chi connectivity index (χ4n) is 6.75. The normalized spacial score (nSPS) is 30.0. The Morgan fingerprint density at radius 1 is 1.26 bits per heavy atom. The van der Waals surface area contributed by atoms with Crippen LogP contribution < -0.4 is 31.8 Å². The summed E-state index contributed by atoms with van der Waals surface area (Å²) < 4.78 is 5.87. The molecule has 5 heterocycles. The van der Waals surface area contributed by atoms with Gasteiger partial charge in [-0.3, -0.25) is 34.9 Å². The monoisotopic (exact) mass is 600 g/mol. The number of imide groups is 1. The number of urea groups is 1. The number of nitrogens with two attached hydrogens (primary N) is 2. The SMILES string of the molecule is CC1(C)CCOc2c(C(=O)NC3CN4C(N)=N[C@@H](CN5C(=O)CN(CC(=O)O)C5=O)[C@@H]5[NH+]=C(N)N[C@@]54C3(O)O)cccc21. The van der Waals surface area contributed by atoms with E-state index in [4.69, 9.17) is 21.3 Å². The summed E-state index contributed by atoms with van der Waals surface area (Å²) in [6.45, 7) is 2.90. The van der Waals surface area contributed by atoms with Crippen molar-refractivity contribution in [2.75, 3.05) is 32.8 Å². The summed E-state index contributed by atoms with van der Waals surface area (Å²) in [6, 6.07) is 1.01. The van der Waals surface area contributed by atoms with Crippen LogP contribution in [0.5, 0.6) is 5.75 Å². The molecule has 0 saturated carbocycles. The highest BCUT2D eigenvalue weighted by molar-refractivity contribution is 6.03. The van der Waals surface area contributed by atoms with Crippen LogP contribution in [-0.4, -0.2) is 128 Å². The maximum atomic E-state index is 13.6. The Morgan fingerprint density at radius 3 is 2.72 bits per heavy atom. The van der Waals surface area contributed by atoms with Gasteiger partial charge in [0.2, 0.25) is 11.7 Å². The van der Waals surface area contributed by atoms with Gasteiger partial charge in [0.05, 0.1) is 25.3 Å². The highest BCUT2D eigenvalue weighted by Gasteiger charge is 2.76. The minimum absolute atomic E-state index is 0.0521. The van der Waals surface area contributed by atoms with Crippen LogP contribution in [0.15, 0.2) is 23.2 Å². The van der Waals surface area contributed by atoms with Gasteiger partial charge in [-0.2, -0.15) is 0 Å². The van der Waals surface area contributed by atoms with E-state index in [1.807, 2.05) is 6.07 Å². The van der Waals surface area contributed by atoms with Crippen molar-refractivity contribution in [3.05, 3.63) is 29.3 Å². The van der Waals surface area contributed by atoms with Crippen LogP contribution in [0.3, 0.4) is 0 Å². The molecule has 0 radical (unpaired) electrons. The van der Waals surface area contributed by atoms with Crippen LogP contribution in [0.4, 0.5) is 4.79 Å². The molecule has 17 nitrogen and oxygen atoms in total. The van der Waals surface area contributed by atoms with Gasteiger partial charge >= 0.3 is 18.0 Å². The van der Waals surface area contributed by atoms with Crippen LogP contribution in [-0.2, 0) is 15.0 Å². The highest BCUT2D eigenvalue weighted by atomic mass is 16.5. The summed E-state index contributed by atoms with van der Waals surface area (Å²) in [5.41, 5.74) is 11.4. The lowest BCUT2D eigenvalue weighted by atomic mass is 9.79. The average Bonchev–Trinajstić information content (AvgIpc) is 3.49. The first kappa shape index (κ1) is 28.5. The third-order valence-corrected chi connectivity index (χ3v) is 8.98. The van der Waals surface area contributed by atoms with Crippen molar-refractivity contribution >= 4 is 35.7 Å². The number of nitrogens with one attached hydrogen (secondary N) is 3. The number of hydrogen-bond donors (Lipinski definition) is 8. The molecule has 4 atom stereocenters. The second kappa shape index (κ2) is 9.43. The Balaban J connectivity index is 1.29. The number of nitrogens with zero attached hydrogens (tertiary/aromatic N) is 4. The molecule has 0 bridgehead atoms. The molecule has 17 heteroatoms. The number of amides is 4. The van der Waals surface area contributed by atoms with Gasteiger partial charge in [-0.1, -0.05) is 26.0 Å². The molecule has 1 aromatic rings. The predicted molar refractivity (Wildman–Crippen MR) is 146 cm³/mol. The molecule has 0 aliphatic carbocycles. The van der Waals surface area contributed by atoms with Crippen molar-refractivity contribution in [3.63, 3.8) is 0 Å². The Kier molecular flexibility index (Phi) is 6.25. The smallest absolute Gasteiger partial charge is 0.343 e. The molecule has 1 unspecified atom stereocenters. The molecule has 4 amide bonds. The number of rotatable bonds is 6. The van der Waals surface area contributed by atoms with Gasteiger partial charge in [-0.25, -0.2) is 15.1 Å². The van der Waals surface area contributed by atoms with E-state index in [1.165, 1.54) is 4.90 Å². The summed E-state index contributed by atoms with van der Waals surface area (Å²) in [5, 5.41) is 38.2. The van der Waals surface area contributed by atoms with Gasteiger partial charge in [0.1, 0.15) is 30.9 Å². The van der Waals surface area contributed by atoms with Crippen molar-refractivity contribution in [2.24, 2.45) is 16.5 Å². The molecule has 2 fully saturated rings. The van der Waals surface area contributed by atoms with Crippen molar-refractivity contribution in [2.45, 2.75) is 55.3 Å². The number of carboxylic acid groups (broad SMARTS) is 1. The molecule has 5 aliphatic rings. The Bertz CT molecular complexity index is 1490. The molecule has 2 saturated heterocycles. The maximum Gasteiger partial charge on any atom is 0.343 e. The van der Waals surface area contributed by atoms with Crippen molar-refractivity contribution in [1.82, 2.24) is 25.3 Å². The van der Waals surface area contributed by atoms with E-state index in [0.29, 0.717) is 12.4 Å². The number of hydrogen-bond acceptors (Lipinski definition) is 12. The van der Waals surface area contributed by atoms with E-state index in [0.717, 1.165) is 21.8 Å². The largest absolute Gasteiger partial charge is 0.492 e. The van der Waals surface area contributed by atoms with Crippen LogP contribution in [0.25, 0.3) is 0 Å². The molecule has 0 aromatic heterocycles. The third kappa shape index (κ3) is 4.13.